The number of rotatable bonds is 7. The number of halogens is 24. The van der Waals surface area contributed by atoms with Gasteiger partial charge in [0, 0.05) is 72.0 Å². The zero-order valence-electron chi connectivity index (χ0n) is 52.8. The molecule has 6 aliphatic heterocycles. The van der Waals surface area contributed by atoms with E-state index in [-0.39, 0.29) is 28.4 Å². The molecule has 0 saturated carbocycles. The molecule has 6 aliphatic rings. The van der Waals surface area contributed by atoms with Crippen LogP contribution in [-0.2, 0) is 68.9 Å². The molecule has 0 bridgehead atoms. The first kappa shape index (κ1) is 80.3. The summed E-state index contributed by atoms with van der Waals surface area (Å²) in [5.74, 6) is 3.94. The smallest absolute Gasteiger partial charge is 0.517 e. The third-order valence-corrected chi connectivity index (χ3v) is 21.8. The number of hydrogen-bond donors (Lipinski definition) is 0. The van der Waals surface area contributed by atoms with Gasteiger partial charge in [-0.25, -0.2) is 0 Å². The van der Waals surface area contributed by atoms with Crippen molar-refractivity contribution in [3.63, 3.8) is 0 Å². The fourth-order valence-corrected chi connectivity index (χ4v) is 16.4. The maximum absolute atomic E-state index is 14.2. The van der Waals surface area contributed by atoms with Gasteiger partial charge in [-0.05, 0) is 69.3 Å². The average molecular weight is 1560 g/mol. The maximum atomic E-state index is 14.2. The molecule has 97 heavy (non-hydrogen) atoms. The van der Waals surface area contributed by atoms with Crippen LogP contribution in [0.5, 0.6) is 0 Å². The van der Waals surface area contributed by atoms with Crippen LogP contribution >= 0.6 is 0 Å². The second kappa shape index (κ2) is 30.7. The van der Waals surface area contributed by atoms with Crippen LogP contribution in [0.4, 0.5) is 105 Å². The first-order chi connectivity index (χ1) is 44.1. The van der Waals surface area contributed by atoms with Crippen molar-refractivity contribution in [2.24, 2.45) is 15.0 Å². The molecule has 0 unspecified atom stereocenters. The van der Waals surface area contributed by atoms with Gasteiger partial charge in [-0.1, -0.05) is 74.7 Å². The zero-order valence-corrected chi connectivity index (χ0v) is 57.9. The van der Waals surface area contributed by atoms with Gasteiger partial charge in [-0.15, -0.1) is 0 Å². The van der Waals surface area contributed by atoms with E-state index in [4.69, 9.17) is 0 Å². The van der Waals surface area contributed by atoms with E-state index in [1.54, 1.807) is 0 Å². The molecule has 10 rings (SSSR count). The Bertz CT molecular complexity index is 2890. The second-order valence-corrected chi connectivity index (χ2v) is 32.6. The van der Waals surface area contributed by atoms with Gasteiger partial charge in [-0.3, -0.25) is 15.0 Å². The first-order valence-corrected chi connectivity index (χ1v) is 38.6. The van der Waals surface area contributed by atoms with Crippen molar-refractivity contribution in [3.05, 3.63) is 117 Å². The van der Waals surface area contributed by atoms with Gasteiger partial charge in [0.2, 0.25) is 0 Å². The number of nitrogens with zero attached hydrogens (tertiary/aromatic N) is 9. The Kier molecular flexibility index (Phi) is 25.4. The van der Waals surface area contributed by atoms with Crippen molar-refractivity contribution in [1.82, 2.24) is 28.4 Å². The van der Waals surface area contributed by atoms with E-state index in [0.717, 1.165) is 19.6 Å². The molecule has 0 spiro atoms. The summed E-state index contributed by atoms with van der Waals surface area (Å²) in [4.78, 5) is 21.4. The van der Waals surface area contributed by atoms with Gasteiger partial charge in [0.05, 0.1) is 44.5 Å². The fraction of sp³-hybridized carbons (Fsp3) is 0.542. The first-order valence-electron chi connectivity index (χ1n) is 30.5. The predicted octanol–water partition coefficient (Wildman–Crippen LogP) is 13.7. The molecule has 3 saturated heterocycles. The number of aliphatic imine (C=N–C) groups is 3. The second-order valence-electron chi connectivity index (χ2n) is 24.5. The SMILES string of the molecule is C[Si-](C)N1CCCN2CCCN=C21.C[SiH](C)N1CCCN2CCCN=C21.C[SiH](C)N1CCCN2CCCN=C21.FC(F)(F)c1cc([B-](c2cc(C(F)(F)F)cc(C(F)(F)F)c2)(c2cc(C(F)(F)F)cc(C(F)(F)F)c2)c2cc(C(F)(F)F)cc(C(F)(F)F)c2)cc(C(F)(F)F)c1.[Ru+2]. The van der Waals surface area contributed by atoms with Crippen molar-refractivity contribution >= 4 is 72.8 Å². The molecule has 38 heteroatoms. The largest absolute Gasteiger partial charge is 2.00 e. The third-order valence-electron chi connectivity index (χ3n) is 16.8. The van der Waals surface area contributed by atoms with Gasteiger partial charge in [0.15, 0.2) is 17.9 Å². The average Bonchev–Trinajstić information content (AvgIpc) is 0.708. The quantitative estimate of drug-likeness (QED) is 0.136. The van der Waals surface area contributed by atoms with Gasteiger partial charge >= 0.3 is 68.9 Å². The summed E-state index contributed by atoms with van der Waals surface area (Å²) in [5.41, 5.74) is -30.2. The van der Waals surface area contributed by atoms with Crippen molar-refractivity contribution in [2.45, 2.75) is 127 Å². The number of alkyl halides is 24. The minimum absolute atomic E-state index is 0. The molecular weight excluding hydrogens is 1490 g/mol. The van der Waals surface area contributed by atoms with E-state index in [1.165, 1.54) is 115 Å². The maximum Gasteiger partial charge on any atom is 2.00 e. The number of guanidine groups is 3. The minimum atomic E-state index is -6.13. The fourth-order valence-electron chi connectivity index (χ4n) is 12.4. The molecule has 0 aliphatic carbocycles. The van der Waals surface area contributed by atoms with E-state index < -0.39 is 213 Å². The Hall–Kier alpha value is -5.65. The topological polar surface area (TPSA) is 56.5 Å². The summed E-state index contributed by atoms with van der Waals surface area (Å²) in [6.07, 6.45) is -47.1. The summed E-state index contributed by atoms with van der Waals surface area (Å²) >= 11 is 0. The molecule has 0 atom stereocenters. The van der Waals surface area contributed by atoms with Crippen molar-refractivity contribution in [2.75, 3.05) is 78.5 Å². The Morgan fingerprint density at radius 2 is 0.515 bits per heavy atom. The Morgan fingerprint density at radius 1 is 0.309 bits per heavy atom. The van der Waals surface area contributed by atoms with Crippen LogP contribution < -0.4 is 21.9 Å². The Labute approximate surface area is 561 Å². The zero-order chi connectivity index (χ0) is 71.7. The molecule has 3 fully saturated rings. The number of hydrogen-bond acceptors (Lipinski definition) is 9. The van der Waals surface area contributed by atoms with Gasteiger partial charge in [0.1, 0.15) is 24.1 Å². The van der Waals surface area contributed by atoms with Crippen LogP contribution in [0.15, 0.2) is 87.8 Å². The van der Waals surface area contributed by atoms with Crippen molar-refractivity contribution < 1.29 is 125 Å². The Balaban J connectivity index is 0.000000291. The Morgan fingerprint density at radius 3 is 0.732 bits per heavy atom. The summed E-state index contributed by atoms with van der Waals surface area (Å²) in [5, 5.41) is 0. The predicted molar refractivity (Wildman–Crippen MR) is 325 cm³/mol. The minimum Gasteiger partial charge on any atom is -0.517 e. The summed E-state index contributed by atoms with van der Waals surface area (Å²) in [7, 11) is -1.71. The molecule has 4 aromatic rings. The molecule has 0 N–H and O–H groups in total. The summed E-state index contributed by atoms with van der Waals surface area (Å²) in [6.45, 7) is 28.5. The van der Waals surface area contributed by atoms with Crippen molar-refractivity contribution in [1.29, 1.82) is 0 Å². The van der Waals surface area contributed by atoms with Crippen LogP contribution in [0.3, 0.4) is 0 Å². The van der Waals surface area contributed by atoms with E-state index >= 15 is 0 Å². The summed E-state index contributed by atoms with van der Waals surface area (Å²) < 4.78 is 349. The van der Waals surface area contributed by atoms with Crippen molar-refractivity contribution in [3.8, 4) is 0 Å². The van der Waals surface area contributed by atoms with E-state index in [0.29, 0.717) is 0 Å². The molecule has 6 heterocycles. The molecule has 0 aromatic heterocycles. The molecule has 4 aromatic carbocycles. The monoisotopic (exact) mass is 1560 g/mol. The third kappa shape index (κ3) is 19.7. The van der Waals surface area contributed by atoms with Gasteiger partial charge in [0.25, 0.3) is 0 Å². The van der Waals surface area contributed by atoms with Crippen LogP contribution in [0.25, 0.3) is 0 Å². The molecule has 540 valence electrons. The number of fused-ring (bicyclic) bond motifs is 3. The van der Waals surface area contributed by atoms with E-state index in [2.05, 4.69) is 82.7 Å². The van der Waals surface area contributed by atoms with Crippen LogP contribution in [0.1, 0.15) is 83.0 Å². The van der Waals surface area contributed by atoms with E-state index in [9.17, 15) is 105 Å². The van der Waals surface area contributed by atoms with Crippen LogP contribution in [-0.4, -0.2) is 158 Å². The molecule has 9 nitrogen and oxygen atoms in total. The van der Waals surface area contributed by atoms with Crippen LogP contribution in [0.2, 0.25) is 39.3 Å². The molecular formula is C59H68BF24N9RuSi3. The van der Waals surface area contributed by atoms with Gasteiger partial charge < -0.3 is 28.4 Å². The summed E-state index contributed by atoms with van der Waals surface area (Å²) in [6, 6.07) is -8.81. The van der Waals surface area contributed by atoms with E-state index in [1.807, 2.05) is 0 Å². The van der Waals surface area contributed by atoms with Crippen LogP contribution in [0, 0.1) is 0 Å². The number of benzene rings is 4. The molecule has 0 radical (unpaired) electrons. The molecule has 0 amide bonds. The normalized spacial score (nSPS) is 17.7. The standard InChI is InChI=1S/C32H12BF24.2C9H19N3Si.C9H18N3Si.Ru/c34-25(35,36)13-1-14(26(37,38)39)6-21(5-13)33(22-7-15(27(40,41)42)2-16(8-22)28(43,44)45,23-9-17(29(46,47)48)3-18(10-23)30(49,50)51)24-11-19(31(52,53)54)4-20(12-24)32(55,56)57;3*1-13(2)12-8-4-7-11-6-3-5-10-9(11)12;/h1-12H;2*13H,3-8H2,1-2H3;3-8H2,1-2H3;/q-1;;;-1;+2. The van der Waals surface area contributed by atoms with Gasteiger partial charge in [-0.2, -0.15) is 149 Å².